The zero-order valence-electron chi connectivity index (χ0n) is 14.3. The van der Waals surface area contributed by atoms with Gasteiger partial charge in [-0.1, -0.05) is 11.6 Å². The van der Waals surface area contributed by atoms with E-state index in [4.69, 9.17) is 11.6 Å². The summed E-state index contributed by atoms with van der Waals surface area (Å²) in [5, 5.41) is 2.92. The number of nitrogens with one attached hydrogen (secondary N) is 1. The average Bonchev–Trinajstić information content (AvgIpc) is 2.57. The maximum atomic E-state index is 12.8. The van der Waals surface area contributed by atoms with Crippen molar-refractivity contribution in [3.8, 4) is 0 Å². The van der Waals surface area contributed by atoms with E-state index in [2.05, 4.69) is 10.2 Å². The molecule has 25 heavy (non-hydrogen) atoms. The van der Waals surface area contributed by atoms with E-state index in [0.29, 0.717) is 30.9 Å². The van der Waals surface area contributed by atoms with Gasteiger partial charge in [-0.15, -0.1) is 0 Å². The Hall–Kier alpha value is -2.12. The SMILES string of the molecule is CC(=O)Nc1ccc(C(=O)N2CCN3CCN(C)C(=O)[C@@H]3C2)c(Cl)c1. The quantitative estimate of drug-likeness (QED) is 0.846. The summed E-state index contributed by atoms with van der Waals surface area (Å²) in [5.41, 5.74) is 0.920. The average molecular weight is 365 g/mol. The summed E-state index contributed by atoms with van der Waals surface area (Å²) < 4.78 is 0. The van der Waals surface area contributed by atoms with E-state index in [0.717, 1.165) is 13.1 Å². The van der Waals surface area contributed by atoms with Crippen LogP contribution in [0.15, 0.2) is 18.2 Å². The minimum atomic E-state index is -0.283. The summed E-state index contributed by atoms with van der Waals surface area (Å²) in [6.45, 7) is 4.57. The van der Waals surface area contributed by atoms with E-state index in [1.165, 1.54) is 6.92 Å². The largest absolute Gasteiger partial charge is 0.343 e. The molecule has 8 heteroatoms. The Labute approximate surface area is 151 Å². The number of amides is 3. The van der Waals surface area contributed by atoms with Crippen molar-refractivity contribution in [3.63, 3.8) is 0 Å². The molecule has 1 aromatic rings. The minimum Gasteiger partial charge on any atom is -0.343 e. The number of nitrogens with zero attached hydrogens (tertiary/aromatic N) is 3. The third-order valence-corrected chi connectivity index (χ3v) is 4.99. The molecule has 1 aromatic carbocycles. The molecule has 7 nitrogen and oxygen atoms in total. The monoisotopic (exact) mass is 364 g/mol. The molecule has 2 aliphatic rings. The first-order valence-electron chi connectivity index (χ1n) is 8.22. The molecule has 0 spiro atoms. The van der Waals surface area contributed by atoms with Gasteiger partial charge in [-0.2, -0.15) is 0 Å². The van der Waals surface area contributed by atoms with E-state index >= 15 is 0 Å². The number of carbonyl (C=O) groups excluding carboxylic acids is 3. The molecule has 0 unspecified atom stereocenters. The normalized spacial score (nSPS) is 21.1. The zero-order valence-corrected chi connectivity index (χ0v) is 15.0. The second-order valence-electron chi connectivity index (χ2n) is 6.44. The van der Waals surface area contributed by atoms with Crippen LogP contribution in [0.2, 0.25) is 5.02 Å². The Bertz CT molecular complexity index is 724. The van der Waals surface area contributed by atoms with Crippen molar-refractivity contribution < 1.29 is 14.4 Å². The molecule has 2 heterocycles. The molecule has 0 aromatic heterocycles. The molecule has 2 saturated heterocycles. The molecule has 134 valence electrons. The van der Waals surface area contributed by atoms with Crippen LogP contribution in [0.1, 0.15) is 17.3 Å². The molecular formula is C17H21ClN4O3. The predicted octanol–water partition coefficient (Wildman–Crippen LogP) is 0.897. The molecule has 1 atom stereocenters. The van der Waals surface area contributed by atoms with Crippen LogP contribution in [0.25, 0.3) is 0 Å². The van der Waals surface area contributed by atoms with Crippen molar-refractivity contribution in [2.24, 2.45) is 0 Å². The maximum Gasteiger partial charge on any atom is 0.255 e. The van der Waals surface area contributed by atoms with Gasteiger partial charge in [-0.05, 0) is 18.2 Å². The molecule has 2 fully saturated rings. The first-order chi connectivity index (χ1) is 11.9. The Kier molecular flexibility index (Phi) is 4.96. The van der Waals surface area contributed by atoms with Crippen LogP contribution in [0.3, 0.4) is 0 Å². The van der Waals surface area contributed by atoms with Crippen LogP contribution >= 0.6 is 11.6 Å². The predicted molar refractivity (Wildman–Crippen MR) is 94.7 cm³/mol. The van der Waals surface area contributed by atoms with E-state index in [1.54, 1.807) is 35.0 Å². The topological polar surface area (TPSA) is 73.0 Å². The van der Waals surface area contributed by atoms with Crippen molar-refractivity contribution in [2.45, 2.75) is 13.0 Å². The van der Waals surface area contributed by atoms with Gasteiger partial charge in [0.25, 0.3) is 5.91 Å². The Balaban J connectivity index is 1.75. The molecule has 0 bridgehead atoms. The summed E-state index contributed by atoms with van der Waals surface area (Å²) in [6.07, 6.45) is 0. The molecule has 3 amide bonds. The van der Waals surface area contributed by atoms with Crippen LogP contribution in [-0.4, -0.2) is 78.2 Å². The maximum absolute atomic E-state index is 12.8. The smallest absolute Gasteiger partial charge is 0.255 e. The van der Waals surface area contributed by atoms with Gasteiger partial charge in [0.15, 0.2) is 0 Å². The number of hydrogen-bond acceptors (Lipinski definition) is 4. The number of fused-ring (bicyclic) bond motifs is 1. The highest BCUT2D eigenvalue weighted by Gasteiger charge is 2.38. The first kappa shape index (κ1) is 17.7. The summed E-state index contributed by atoms with van der Waals surface area (Å²) in [6, 6.07) is 4.54. The highest BCUT2D eigenvalue weighted by atomic mass is 35.5. The van der Waals surface area contributed by atoms with Gasteiger partial charge in [-0.25, -0.2) is 0 Å². The molecule has 3 rings (SSSR count). The number of halogens is 1. The lowest BCUT2D eigenvalue weighted by Crippen LogP contribution is -2.64. The summed E-state index contributed by atoms with van der Waals surface area (Å²) >= 11 is 6.23. The van der Waals surface area contributed by atoms with Crippen LogP contribution in [-0.2, 0) is 9.59 Å². The van der Waals surface area contributed by atoms with Gasteiger partial charge in [0, 0.05) is 52.4 Å². The van der Waals surface area contributed by atoms with E-state index < -0.39 is 0 Å². The lowest BCUT2D eigenvalue weighted by molar-refractivity contribution is -0.142. The zero-order chi connectivity index (χ0) is 18.1. The third-order valence-electron chi connectivity index (χ3n) is 4.68. The van der Waals surface area contributed by atoms with Gasteiger partial charge < -0.3 is 15.1 Å². The van der Waals surface area contributed by atoms with Crippen molar-refractivity contribution in [2.75, 3.05) is 45.1 Å². The van der Waals surface area contributed by atoms with Crippen LogP contribution in [0.5, 0.6) is 0 Å². The Morgan fingerprint density at radius 2 is 1.92 bits per heavy atom. The van der Waals surface area contributed by atoms with Gasteiger partial charge >= 0.3 is 0 Å². The lowest BCUT2D eigenvalue weighted by atomic mass is 10.1. The number of anilines is 1. The van der Waals surface area contributed by atoms with Crippen molar-refractivity contribution >= 4 is 35.0 Å². The van der Waals surface area contributed by atoms with E-state index in [1.807, 2.05) is 0 Å². The van der Waals surface area contributed by atoms with Crippen LogP contribution in [0.4, 0.5) is 5.69 Å². The highest BCUT2D eigenvalue weighted by molar-refractivity contribution is 6.34. The summed E-state index contributed by atoms with van der Waals surface area (Å²) in [4.78, 5) is 41.8. The van der Waals surface area contributed by atoms with Crippen LogP contribution < -0.4 is 5.32 Å². The van der Waals surface area contributed by atoms with Crippen molar-refractivity contribution in [3.05, 3.63) is 28.8 Å². The number of hydrogen-bond donors (Lipinski definition) is 1. The third kappa shape index (κ3) is 3.62. The molecule has 0 radical (unpaired) electrons. The summed E-state index contributed by atoms with van der Waals surface area (Å²) in [7, 11) is 1.79. The Morgan fingerprint density at radius 3 is 2.60 bits per heavy atom. The second kappa shape index (κ2) is 7.01. The Morgan fingerprint density at radius 1 is 1.20 bits per heavy atom. The number of benzene rings is 1. The molecule has 0 aliphatic carbocycles. The molecule has 0 saturated carbocycles. The fourth-order valence-electron chi connectivity index (χ4n) is 3.29. The minimum absolute atomic E-state index is 0.0517. The number of rotatable bonds is 2. The second-order valence-corrected chi connectivity index (χ2v) is 6.85. The molecule has 2 aliphatic heterocycles. The summed E-state index contributed by atoms with van der Waals surface area (Å²) in [5.74, 6) is -0.345. The number of likely N-dealkylation sites (N-methyl/N-ethyl adjacent to an activating group) is 1. The van der Waals surface area contributed by atoms with Gasteiger partial charge in [-0.3, -0.25) is 19.3 Å². The lowest BCUT2D eigenvalue weighted by Gasteiger charge is -2.45. The number of carbonyl (C=O) groups is 3. The standard InChI is InChI=1S/C17H21ClN4O3/c1-11(23)19-12-3-4-13(14(18)9-12)16(24)22-8-7-21-6-5-20(2)17(25)15(21)10-22/h3-4,9,15H,5-8,10H2,1-2H3,(H,19,23)/t15-/m0/s1. The van der Waals surface area contributed by atoms with Gasteiger partial charge in [0.05, 0.1) is 10.6 Å². The van der Waals surface area contributed by atoms with Gasteiger partial charge in [0.1, 0.15) is 6.04 Å². The van der Waals surface area contributed by atoms with Crippen LogP contribution in [0, 0.1) is 0 Å². The van der Waals surface area contributed by atoms with Gasteiger partial charge in [0.2, 0.25) is 11.8 Å². The van der Waals surface area contributed by atoms with E-state index in [-0.39, 0.29) is 28.8 Å². The fraction of sp³-hybridized carbons (Fsp3) is 0.471. The van der Waals surface area contributed by atoms with E-state index in [9.17, 15) is 14.4 Å². The molecular weight excluding hydrogens is 344 g/mol. The van der Waals surface area contributed by atoms with Crippen molar-refractivity contribution in [1.82, 2.24) is 14.7 Å². The van der Waals surface area contributed by atoms with Crippen molar-refractivity contribution in [1.29, 1.82) is 0 Å². The molecule has 1 N–H and O–H groups in total. The first-order valence-corrected chi connectivity index (χ1v) is 8.60. The fourth-order valence-corrected chi connectivity index (χ4v) is 3.55. The number of piperazine rings is 2. The highest BCUT2D eigenvalue weighted by Crippen LogP contribution is 2.24.